The van der Waals surface area contributed by atoms with Crippen LogP contribution in [0.1, 0.15) is 26.3 Å². The third-order valence-corrected chi connectivity index (χ3v) is 2.99. The Balaban J connectivity index is 2.85. The molecule has 1 amide bonds. The van der Waals surface area contributed by atoms with Crippen molar-refractivity contribution in [3.63, 3.8) is 0 Å². The number of amides is 1. The average Bonchev–Trinajstić information content (AvgIpc) is 2.37. The van der Waals surface area contributed by atoms with Crippen LogP contribution in [-0.4, -0.2) is 35.9 Å². The molecule has 0 aromatic heterocycles. The van der Waals surface area contributed by atoms with Crippen LogP contribution in [0, 0.1) is 0 Å². The number of esters is 1. The number of halogens is 1. The molecular formula is C15H20ClNO5. The number of nitrogens with one attached hydrogen (secondary N) is 1. The van der Waals surface area contributed by atoms with Gasteiger partial charge in [-0.15, -0.1) is 0 Å². The van der Waals surface area contributed by atoms with Gasteiger partial charge in [-0.3, -0.25) is 0 Å². The lowest BCUT2D eigenvalue weighted by molar-refractivity contribution is -0.143. The molecule has 122 valence electrons. The van der Waals surface area contributed by atoms with E-state index in [-0.39, 0.29) is 12.2 Å². The summed E-state index contributed by atoms with van der Waals surface area (Å²) in [5, 5.41) is 12.1. The lowest BCUT2D eigenvalue weighted by Crippen LogP contribution is -2.45. The zero-order valence-electron chi connectivity index (χ0n) is 13.0. The van der Waals surface area contributed by atoms with Gasteiger partial charge in [0, 0.05) is 11.4 Å². The Morgan fingerprint density at radius 3 is 2.50 bits per heavy atom. The number of aromatic hydroxyl groups is 1. The van der Waals surface area contributed by atoms with Gasteiger partial charge in [-0.2, -0.15) is 0 Å². The smallest absolute Gasteiger partial charge is 0.408 e. The maximum absolute atomic E-state index is 11.8. The molecule has 1 aromatic rings. The lowest BCUT2D eigenvalue weighted by atomic mass is 10.1. The second-order valence-electron chi connectivity index (χ2n) is 5.70. The van der Waals surface area contributed by atoms with E-state index in [4.69, 9.17) is 16.3 Å². The van der Waals surface area contributed by atoms with Gasteiger partial charge in [0.15, 0.2) is 0 Å². The Hall–Kier alpha value is -1.95. The van der Waals surface area contributed by atoms with Crippen LogP contribution in [0.25, 0.3) is 0 Å². The van der Waals surface area contributed by atoms with E-state index < -0.39 is 23.7 Å². The Morgan fingerprint density at radius 1 is 1.36 bits per heavy atom. The van der Waals surface area contributed by atoms with Crippen LogP contribution in [0.4, 0.5) is 4.79 Å². The van der Waals surface area contributed by atoms with E-state index in [0.717, 1.165) is 0 Å². The minimum atomic E-state index is -0.943. The van der Waals surface area contributed by atoms with Crippen LogP contribution in [0.2, 0.25) is 5.02 Å². The third kappa shape index (κ3) is 5.81. The number of rotatable bonds is 4. The van der Waals surface area contributed by atoms with Gasteiger partial charge in [-0.1, -0.05) is 17.7 Å². The molecule has 0 fully saturated rings. The van der Waals surface area contributed by atoms with E-state index in [1.165, 1.54) is 19.2 Å². The molecule has 1 rings (SSSR count). The van der Waals surface area contributed by atoms with Crippen LogP contribution < -0.4 is 5.32 Å². The number of carbonyl (C=O) groups excluding carboxylic acids is 2. The van der Waals surface area contributed by atoms with Gasteiger partial charge in [0.25, 0.3) is 0 Å². The van der Waals surface area contributed by atoms with Crippen molar-refractivity contribution >= 4 is 23.7 Å². The number of methoxy groups -OCH3 is 1. The summed E-state index contributed by atoms with van der Waals surface area (Å²) in [5.41, 5.74) is -0.0908. The van der Waals surface area contributed by atoms with Crippen molar-refractivity contribution in [2.75, 3.05) is 7.11 Å². The minimum Gasteiger partial charge on any atom is -0.508 e. The zero-order valence-corrected chi connectivity index (χ0v) is 13.7. The van der Waals surface area contributed by atoms with E-state index in [0.29, 0.717) is 10.6 Å². The molecule has 22 heavy (non-hydrogen) atoms. The summed E-state index contributed by atoms with van der Waals surface area (Å²) >= 11 is 6.01. The molecule has 0 aliphatic rings. The Labute approximate surface area is 134 Å². The highest BCUT2D eigenvalue weighted by molar-refractivity contribution is 6.31. The number of hydrogen-bond acceptors (Lipinski definition) is 5. The Bertz CT molecular complexity index is 553. The van der Waals surface area contributed by atoms with Crippen LogP contribution in [0.3, 0.4) is 0 Å². The first kappa shape index (κ1) is 18.1. The second kappa shape index (κ2) is 7.35. The quantitative estimate of drug-likeness (QED) is 0.829. The van der Waals surface area contributed by atoms with E-state index >= 15 is 0 Å². The molecule has 0 saturated heterocycles. The summed E-state index contributed by atoms with van der Waals surface area (Å²) in [6, 6.07) is 3.44. The summed E-state index contributed by atoms with van der Waals surface area (Å²) in [6.45, 7) is 5.16. The average molecular weight is 330 g/mol. The molecule has 6 nitrogen and oxygen atoms in total. The zero-order chi connectivity index (χ0) is 16.9. The number of ether oxygens (including phenoxy) is 2. The standard InChI is InChI=1S/C15H20ClNO5/c1-15(2,3)22-14(20)17-12(13(19)21-4)7-9-5-6-10(18)8-11(9)16/h5-6,8,12,18H,7H2,1-4H3,(H,17,20)/t12-/m0/s1. The van der Waals surface area contributed by atoms with E-state index in [1.807, 2.05) is 0 Å². The number of phenols is 1. The highest BCUT2D eigenvalue weighted by atomic mass is 35.5. The van der Waals surface area contributed by atoms with Crippen LogP contribution in [0.15, 0.2) is 18.2 Å². The molecule has 2 N–H and O–H groups in total. The lowest BCUT2D eigenvalue weighted by Gasteiger charge is -2.22. The number of phenolic OH excluding ortho intramolecular Hbond substituents is 1. The number of carbonyl (C=O) groups is 2. The largest absolute Gasteiger partial charge is 0.508 e. The Kier molecular flexibility index (Phi) is 6.05. The maximum atomic E-state index is 11.8. The maximum Gasteiger partial charge on any atom is 0.408 e. The van der Waals surface area contributed by atoms with E-state index in [9.17, 15) is 14.7 Å². The number of hydrogen-bond donors (Lipinski definition) is 2. The Morgan fingerprint density at radius 2 is 2.00 bits per heavy atom. The highest BCUT2D eigenvalue weighted by Gasteiger charge is 2.26. The first-order chi connectivity index (χ1) is 10.1. The van der Waals surface area contributed by atoms with Gasteiger partial charge < -0.3 is 19.9 Å². The summed E-state index contributed by atoms with van der Waals surface area (Å²) in [6.07, 6.45) is -0.608. The summed E-state index contributed by atoms with van der Waals surface area (Å²) in [7, 11) is 1.23. The second-order valence-corrected chi connectivity index (χ2v) is 6.11. The first-order valence-electron chi connectivity index (χ1n) is 6.67. The number of benzene rings is 1. The third-order valence-electron chi connectivity index (χ3n) is 2.64. The van der Waals surface area contributed by atoms with Crippen molar-refractivity contribution in [1.82, 2.24) is 5.32 Å². The molecule has 0 bridgehead atoms. The highest BCUT2D eigenvalue weighted by Crippen LogP contribution is 2.23. The van der Waals surface area contributed by atoms with Crippen molar-refractivity contribution in [2.45, 2.75) is 38.8 Å². The van der Waals surface area contributed by atoms with Crippen LogP contribution in [-0.2, 0) is 20.7 Å². The van der Waals surface area contributed by atoms with Gasteiger partial charge in [-0.25, -0.2) is 9.59 Å². The van der Waals surface area contributed by atoms with Crippen molar-refractivity contribution < 1.29 is 24.2 Å². The topological polar surface area (TPSA) is 84.9 Å². The minimum absolute atomic E-state index is 0.0171. The molecule has 0 unspecified atom stereocenters. The van der Waals surface area contributed by atoms with E-state index in [2.05, 4.69) is 10.1 Å². The predicted octanol–water partition coefficient (Wildman–Crippen LogP) is 2.65. The monoisotopic (exact) mass is 329 g/mol. The molecule has 7 heteroatoms. The van der Waals surface area contributed by atoms with Gasteiger partial charge in [0.05, 0.1) is 7.11 Å². The van der Waals surface area contributed by atoms with Crippen molar-refractivity contribution in [3.05, 3.63) is 28.8 Å². The molecule has 1 atom stereocenters. The van der Waals surface area contributed by atoms with Gasteiger partial charge in [0.2, 0.25) is 0 Å². The SMILES string of the molecule is COC(=O)[C@H](Cc1ccc(O)cc1Cl)NC(=O)OC(C)(C)C. The fourth-order valence-electron chi connectivity index (χ4n) is 1.71. The summed E-state index contributed by atoms with van der Waals surface area (Å²) in [5.74, 6) is -0.599. The van der Waals surface area contributed by atoms with Crippen molar-refractivity contribution in [3.8, 4) is 5.75 Å². The molecule has 0 spiro atoms. The van der Waals surface area contributed by atoms with E-state index in [1.54, 1.807) is 26.8 Å². The molecule has 0 saturated carbocycles. The fraction of sp³-hybridized carbons (Fsp3) is 0.467. The summed E-state index contributed by atoms with van der Waals surface area (Å²) < 4.78 is 9.80. The molecular weight excluding hydrogens is 310 g/mol. The molecule has 0 heterocycles. The van der Waals surface area contributed by atoms with Crippen LogP contribution in [0.5, 0.6) is 5.75 Å². The molecule has 0 radical (unpaired) electrons. The van der Waals surface area contributed by atoms with Crippen molar-refractivity contribution in [2.24, 2.45) is 0 Å². The molecule has 0 aliphatic carbocycles. The normalized spacial score (nSPS) is 12.4. The first-order valence-corrected chi connectivity index (χ1v) is 7.05. The summed E-state index contributed by atoms with van der Waals surface area (Å²) in [4.78, 5) is 23.6. The van der Waals surface area contributed by atoms with Gasteiger partial charge in [0.1, 0.15) is 17.4 Å². The molecule has 0 aliphatic heterocycles. The number of alkyl carbamates (subject to hydrolysis) is 1. The van der Waals surface area contributed by atoms with Gasteiger partial charge >= 0.3 is 12.1 Å². The van der Waals surface area contributed by atoms with Crippen LogP contribution >= 0.6 is 11.6 Å². The van der Waals surface area contributed by atoms with Gasteiger partial charge in [-0.05, 0) is 38.5 Å². The molecule has 1 aromatic carbocycles. The predicted molar refractivity (Wildman–Crippen MR) is 82.0 cm³/mol. The van der Waals surface area contributed by atoms with Crippen molar-refractivity contribution in [1.29, 1.82) is 0 Å². The fourth-order valence-corrected chi connectivity index (χ4v) is 1.96.